The molecule has 0 fully saturated rings. The van der Waals surface area contributed by atoms with Crippen LogP contribution in [0.25, 0.3) is 0 Å². The number of carbonyl (C=O) groups is 2. The molecule has 1 N–H and O–H groups in total. The monoisotopic (exact) mass is 348 g/mol. The molecule has 2 rings (SSSR count). The van der Waals surface area contributed by atoms with E-state index in [1.807, 2.05) is 0 Å². The molecule has 0 aliphatic carbocycles. The number of pyridine rings is 1. The fourth-order valence-corrected chi connectivity index (χ4v) is 1.99. The minimum absolute atomic E-state index is 0.0702. The summed E-state index contributed by atoms with van der Waals surface area (Å²) in [5, 5.41) is 3.02. The number of nitrogens with one attached hydrogen (secondary N) is 1. The van der Waals surface area contributed by atoms with Crippen molar-refractivity contribution in [3.63, 3.8) is 0 Å². The summed E-state index contributed by atoms with van der Waals surface area (Å²) in [6, 6.07) is 10.2. The molecule has 6 nitrogen and oxygen atoms in total. The van der Waals surface area contributed by atoms with Crippen LogP contribution in [0, 0.1) is 0 Å². The summed E-state index contributed by atoms with van der Waals surface area (Å²) < 4.78 is 10.2. The summed E-state index contributed by atoms with van der Waals surface area (Å²) in [5.74, 6) is 0.0811. The maximum absolute atomic E-state index is 12.0. The lowest BCUT2D eigenvalue weighted by atomic mass is 10.1. The third-order valence-electron chi connectivity index (χ3n) is 3.16. The highest BCUT2D eigenvalue weighted by Gasteiger charge is 2.18. The first kappa shape index (κ1) is 17.7. The van der Waals surface area contributed by atoms with Crippen LogP contribution >= 0.6 is 11.6 Å². The molecule has 0 saturated heterocycles. The van der Waals surface area contributed by atoms with Crippen molar-refractivity contribution in [3.05, 3.63) is 53.2 Å². The molecule has 1 atom stereocenters. The van der Waals surface area contributed by atoms with Gasteiger partial charge in [-0.25, -0.2) is 4.98 Å². The lowest BCUT2D eigenvalue weighted by molar-refractivity contribution is -0.152. The van der Waals surface area contributed by atoms with Gasteiger partial charge in [0.2, 0.25) is 0 Å². The summed E-state index contributed by atoms with van der Waals surface area (Å²) in [7, 11) is 1.57. The first-order chi connectivity index (χ1) is 11.5. The van der Waals surface area contributed by atoms with Crippen LogP contribution in [0.2, 0.25) is 5.02 Å². The largest absolute Gasteiger partial charge is 0.497 e. The lowest BCUT2D eigenvalue weighted by Gasteiger charge is -2.13. The molecule has 7 heteroatoms. The molecule has 1 amide bonds. The Labute approximate surface area is 144 Å². The van der Waals surface area contributed by atoms with Crippen LogP contribution in [-0.2, 0) is 20.7 Å². The number of rotatable bonds is 6. The van der Waals surface area contributed by atoms with Gasteiger partial charge in [-0.3, -0.25) is 9.59 Å². The van der Waals surface area contributed by atoms with Crippen molar-refractivity contribution in [2.45, 2.75) is 19.4 Å². The van der Waals surface area contributed by atoms with Crippen molar-refractivity contribution in [2.75, 3.05) is 12.4 Å². The van der Waals surface area contributed by atoms with Gasteiger partial charge in [-0.1, -0.05) is 23.7 Å². The zero-order valence-electron chi connectivity index (χ0n) is 13.3. The number of methoxy groups -OCH3 is 1. The van der Waals surface area contributed by atoms with Gasteiger partial charge in [0.05, 0.1) is 18.6 Å². The van der Waals surface area contributed by atoms with E-state index < -0.39 is 18.0 Å². The number of esters is 1. The predicted octanol–water partition coefficient (Wildman–Crippen LogP) is 2.86. The van der Waals surface area contributed by atoms with E-state index in [1.165, 1.54) is 13.1 Å². The Hall–Kier alpha value is -2.60. The minimum atomic E-state index is -0.937. The number of nitrogens with zero attached hydrogens (tertiary/aromatic N) is 1. The number of halogens is 1. The second-order valence-corrected chi connectivity index (χ2v) is 5.44. The summed E-state index contributed by atoms with van der Waals surface area (Å²) >= 11 is 5.72. The summed E-state index contributed by atoms with van der Waals surface area (Å²) in [6.45, 7) is 1.50. The normalized spacial score (nSPS) is 11.5. The zero-order valence-corrected chi connectivity index (χ0v) is 14.0. The number of hydrogen-bond acceptors (Lipinski definition) is 5. The molecule has 1 heterocycles. The molecule has 0 bridgehead atoms. The summed E-state index contributed by atoms with van der Waals surface area (Å²) in [4.78, 5) is 27.9. The third-order valence-corrected chi connectivity index (χ3v) is 3.39. The van der Waals surface area contributed by atoms with Crippen LogP contribution in [0.4, 0.5) is 5.82 Å². The molecule has 0 unspecified atom stereocenters. The quantitative estimate of drug-likeness (QED) is 0.812. The third kappa shape index (κ3) is 5.24. The molecular formula is C17H17ClN2O4. The highest BCUT2D eigenvalue weighted by Crippen LogP contribution is 2.13. The number of aromatic nitrogens is 1. The van der Waals surface area contributed by atoms with Gasteiger partial charge in [-0.05, 0) is 36.8 Å². The number of amides is 1. The smallest absolute Gasteiger partial charge is 0.311 e. The Morgan fingerprint density at radius 3 is 2.50 bits per heavy atom. The highest BCUT2D eigenvalue weighted by molar-refractivity contribution is 6.30. The van der Waals surface area contributed by atoms with E-state index in [-0.39, 0.29) is 6.42 Å². The van der Waals surface area contributed by atoms with Crippen LogP contribution in [0.15, 0.2) is 42.6 Å². The molecule has 0 aliphatic rings. The van der Waals surface area contributed by atoms with Gasteiger partial charge in [0.1, 0.15) is 11.6 Å². The molecule has 0 aliphatic heterocycles. The molecule has 126 valence electrons. The maximum atomic E-state index is 12.0. The second kappa shape index (κ2) is 8.31. The summed E-state index contributed by atoms with van der Waals surface area (Å²) in [6.07, 6.45) is 0.548. The molecule has 2 aromatic rings. The minimum Gasteiger partial charge on any atom is -0.497 e. The fourth-order valence-electron chi connectivity index (χ4n) is 1.88. The molecule has 0 spiro atoms. The van der Waals surface area contributed by atoms with Gasteiger partial charge in [0, 0.05) is 6.20 Å². The van der Waals surface area contributed by atoms with Gasteiger partial charge in [0.25, 0.3) is 5.91 Å². The van der Waals surface area contributed by atoms with Crippen LogP contribution in [0.1, 0.15) is 12.5 Å². The Balaban J connectivity index is 1.85. The fraction of sp³-hybridized carbons (Fsp3) is 0.235. The SMILES string of the molecule is COc1ccc(CC(=O)O[C@H](C)C(=O)Nc2ccc(Cl)cn2)cc1. The van der Waals surface area contributed by atoms with E-state index in [9.17, 15) is 9.59 Å². The second-order valence-electron chi connectivity index (χ2n) is 5.01. The Morgan fingerprint density at radius 1 is 1.21 bits per heavy atom. The van der Waals surface area contributed by atoms with E-state index in [0.717, 1.165) is 5.56 Å². The number of carbonyl (C=O) groups excluding carboxylic acids is 2. The van der Waals surface area contributed by atoms with E-state index >= 15 is 0 Å². The van der Waals surface area contributed by atoms with Gasteiger partial charge in [0.15, 0.2) is 6.10 Å². The molecule has 0 radical (unpaired) electrons. The van der Waals surface area contributed by atoms with Crippen molar-refractivity contribution < 1.29 is 19.1 Å². The van der Waals surface area contributed by atoms with Gasteiger partial charge >= 0.3 is 5.97 Å². The Kier molecular flexibility index (Phi) is 6.14. The first-order valence-corrected chi connectivity index (χ1v) is 7.60. The van der Waals surface area contributed by atoms with Gasteiger partial charge in [-0.2, -0.15) is 0 Å². The Bertz CT molecular complexity index is 702. The zero-order chi connectivity index (χ0) is 17.5. The standard InChI is InChI=1S/C17H17ClN2O4/c1-11(17(22)20-15-8-5-13(18)10-19-15)24-16(21)9-12-3-6-14(23-2)7-4-12/h3-8,10-11H,9H2,1-2H3,(H,19,20,22)/t11-/m1/s1. The average Bonchev–Trinajstić information content (AvgIpc) is 2.57. The van der Waals surface area contributed by atoms with Crippen LogP contribution in [0.5, 0.6) is 5.75 Å². The number of hydrogen-bond donors (Lipinski definition) is 1. The van der Waals surface area contributed by atoms with Crippen molar-refractivity contribution in [1.82, 2.24) is 4.98 Å². The number of benzene rings is 1. The maximum Gasteiger partial charge on any atom is 0.311 e. The van der Waals surface area contributed by atoms with Gasteiger partial charge < -0.3 is 14.8 Å². The van der Waals surface area contributed by atoms with Gasteiger partial charge in [-0.15, -0.1) is 0 Å². The molecular weight excluding hydrogens is 332 g/mol. The van der Waals surface area contributed by atoms with Crippen molar-refractivity contribution in [2.24, 2.45) is 0 Å². The predicted molar refractivity (Wildman–Crippen MR) is 90.1 cm³/mol. The van der Waals surface area contributed by atoms with Crippen molar-refractivity contribution in [1.29, 1.82) is 0 Å². The number of anilines is 1. The van der Waals surface area contributed by atoms with Crippen LogP contribution in [0.3, 0.4) is 0 Å². The molecule has 1 aromatic carbocycles. The molecule has 0 saturated carbocycles. The topological polar surface area (TPSA) is 77.5 Å². The number of ether oxygens (including phenoxy) is 2. The van der Waals surface area contributed by atoms with Crippen LogP contribution < -0.4 is 10.1 Å². The lowest BCUT2D eigenvalue weighted by Crippen LogP contribution is -2.30. The molecule has 24 heavy (non-hydrogen) atoms. The average molecular weight is 349 g/mol. The highest BCUT2D eigenvalue weighted by atomic mass is 35.5. The van der Waals surface area contributed by atoms with E-state index in [1.54, 1.807) is 43.5 Å². The van der Waals surface area contributed by atoms with E-state index in [0.29, 0.717) is 16.6 Å². The van der Waals surface area contributed by atoms with E-state index in [4.69, 9.17) is 21.1 Å². The van der Waals surface area contributed by atoms with Crippen molar-refractivity contribution in [3.8, 4) is 5.75 Å². The van der Waals surface area contributed by atoms with Crippen LogP contribution in [-0.4, -0.2) is 30.1 Å². The van der Waals surface area contributed by atoms with Crippen molar-refractivity contribution >= 4 is 29.3 Å². The first-order valence-electron chi connectivity index (χ1n) is 7.23. The molecule has 1 aromatic heterocycles. The summed E-state index contributed by atoms with van der Waals surface area (Å²) in [5.41, 5.74) is 0.771. The van der Waals surface area contributed by atoms with E-state index in [2.05, 4.69) is 10.3 Å². The Morgan fingerprint density at radius 2 is 1.92 bits per heavy atom.